The number of sulfonamides is 1. The lowest BCUT2D eigenvalue weighted by Crippen LogP contribution is -2.35. The fourth-order valence-electron chi connectivity index (χ4n) is 1.42. The molecule has 0 spiro atoms. The number of carbonyl (C=O) groups is 3. The maximum Gasteiger partial charge on any atom is 0.314 e. The zero-order valence-electron chi connectivity index (χ0n) is 58.9. The van der Waals surface area contributed by atoms with Crippen LogP contribution in [-0.4, -0.2) is 93.8 Å². The second-order valence-electron chi connectivity index (χ2n) is 13.7. The number of rotatable bonds is 1. The SMILES string of the molecule is C/C=C/C.C/C=C\C.C=C(C)C.CC.CC.CC.CC.CC.CC#CC.CC=C(C)C.CC=C(C)C.CC=NC.CN=C(C)C.CNC(=O)C(=O)NC.CNC(=O)NC.CNS(C)(=O)=O.Cc1ccccc1.Cc1ccccc1. The molecule has 2 aromatic carbocycles. The minimum atomic E-state index is -2.91. The number of aryl methyl sites for hydroxylation is 2. The quantitative estimate of drug-likeness (QED) is 0.0827. The molecule has 0 saturated carbocycles. The number of allylic oxidation sites excluding steroid dienone is 9. The minimum Gasteiger partial charge on any atom is -0.351 e. The first-order valence-corrected chi connectivity index (χ1v) is 29.3. The van der Waals surface area contributed by atoms with Crippen molar-refractivity contribution in [1.82, 2.24) is 26.0 Å². The van der Waals surface area contributed by atoms with E-state index in [1.165, 1.54) is 49.0 Å². The van der Waals surface area contributed by atoms with E-state index in [1.807, 2.05) is 220 Å². The summed E-state index contributed by atoms with van der Waals surface area (Å²) in [6, 6.07) is 20.4. The van der Waals surface area contributed by atoms with Crippen molar-refractivity contribution in [3.05, 3.63) is 132 Å². The van der Waals surface area contributed by atoms with E-state index < -0.39 is 21.8 Å². The van der Waals surface area contributed by atoms with Crippen molar-refractivity contribution in [2.75, 3.05) is 55.6 Å². The number of nitrogens with zero attached hydrogens (tertiary/aromatic N) is 2. The molecule has 0 atom stereocenters. The third kappa shape index (κ3) is 287. The number of urea groups is 1. The number of benzene rings is 2. The van der Waals surface area contributed by atoms with Crippen LogP contribution >= 0.6 is 0 Å². The van der Waals surface area contributed by atoms with Crippen molar-refractivity contribution < 1.29 is 22.8 Å². The zero-order chi connectivity index (χ0) is 67.1. The van der Waals surface area contributed by atoms with Gasteiger partial charge in [-0.25, -0.2) is 17.9 Å². The maximum absolute atomic E-state index is 10.2. The van der Waals surface area contributed by atoms with Gasteiger partial charge >= 0.3 is 17.8 Å². The molecule has 2 aromatic rings. The van der Waals surface area contributed by atoms with E-state index in [-0.39, 0.29) is 6.03 Å². The molecule has 2 rings (SSSR count). The first-order chi connectivity index (χ1) is 37.1. The number of aliphatic imine (C=N–C) groups is 2. The van der Waals surface area contributed by atoms with Crippen molar-refractivity contribution in [3.63, 3.8) is 0 Å². The summed E-state index contributed by atoms with van der Waals surface area (Å²) in [5.41, 5.74) is 7.70. The average molecular weight is 1140 g/mol. The number of hydrogen-bond donors (Lipinski definition) is 5. The Hall–Kier alpha value is -5.84. The van der Waals surface area contributed by atoms with E-state index in [1.54, 1.807) is 34.4 Å². The van der Waals surface area contributed by atoms with Crippen molar-refractivity contribution in [2.24, 2.45) is 9.98 Å². The highest BCUT2D eigenvalue weighted by Crippen LogP contribution is 1.93. The van der Waals surface area contributed by atoms with Gasteiger partial charge in [-0.2, -0.15) is 0 Å². The Kier molecular flexibility index (Phi) is 191. The van der Waals surface area contributed by atoms with Crippen LogP contribution in [0.15, 0.2) is 130 Å². The Bertz CT molecular complexity index is 1590. The Morgan fingerprint density at radius 1 is 0.494 bits per heavy atom. The van der Waals surface area contributed by atoms with E-state index in [2.05, 4.69) is 132 Å². The van der Waals surface area contributed by atoms with E-state index in [4.69, 9.17) is 0 Å². The van der Waals surface area contributed by atoms with Crippen LogP contribution in [0.1, 0.15) is 198 Å². The lowest BCUT2D eigenvalue weighted by Gasteiger charge is -1.93. The van der Waals surface area contributed by atoms with Gasteiger partial charge in [0.25, 0.3) is 0 Å². The van der Waals surface area contributed by atoms with Gasteiger partial charge in [0.15, 0.2) is 0 Å². The van der Waals surface area contributed by atoms with Gasteiger partial charge in [0, 0.05) is 48.0 Å². The van der Waals surface area contributed by atoms with Gasteiger partial charge in [0.05, 0.1) is 6.26 Å². The predicted molar refractivity (Wildman–Crippen MR) is 370 cm³/mol. The van der Waals surface area contributed by atoms with E-state index in [9.17, 15) is 22.8 Å². The predicted octanol–water partition coefficient (Wildman–Crippen LogP) is 17.8. The van der Waals surface area contributed by atoms with Crippen LogP contribution in [0, 0.1) is 25.7 Å². The van der Waals surface area contributed by atoms with Gasteiger partial charge in [-0.1, -0.05) is 194 Å². The molecule has 0 fully saturated rings. The van der Waals surface area contributed by atoms with Crippen LogP contribution in [0.3, 0.4) is 0 Å². The summed E-state index contributed by atoms with van der Waals surface area (Å²) in [6.45, 7) is 61.5. The standard InChI is InChI=1S/2C7H8.2C5H10.C4H8N2O2.C4H9N.3C4H8.C4H6.C3H8N2O.C3H7N.C2H7NO2S.5C2H6/c2*1-7-5-3-2-4-6-7;2*1-4-5(2)3;1-5-3(7)4(8)6-2;1-4(2)5-3;1-4(2)3;3*1-3-4-2;1-4-3(6)5-2;1-3-4-2;1-3-6(2,4)5;5*1-2/h2*2-6H,1H3;2*4H,1-3H3;1-2H3,(H,5,7)(H,6,8);1-3H3;1H2,2-3H3;2*3-4H,1-2H3;1-2H3;1-2H3,(H2,4,5,6);3H,1-2H3;3H,1-2H3;5*1-2H3/b;;;;;;;4-3+;4-3-;;;;;;;;;. The highest BCUT2D eigenvalue weighted by molar-refractivity contribution is 7.88. The first kappa shape index (κ1) is 117. The van der Waals surface area contributed by atoms with Crippen LogP contribution in [0.5, 0.6) is 0 Å². The number of hydrogen-bond acceptors (Lipinski definition) is 7. The molecule has 0 aliphatic carbocycles. The maximum atomic E-state index is 10.2. The minimum absolute atomic E-state index is 0.157. The molecule has 13 heteroatoms. The molecule has 0 unspecified atom stereocenters. The van der Waals surface area contributed by atoms with Gasteiger partial charge in [0.2, 0.25) is 10.0 Å². The fourth-order valence-corrected chi connectivity index (χ4v) is 1.42. The Morgan fingerprint density at radius 2 is 0.671 bits per heavy atom. The third-order valence-electron chi connectivity index (χ3n) is 6.14. The summed E-state index contributed by atoms with van der Waals surface area (Å²) in [4.78, 5) is 37.8. The van der Waals surface area contributed by atoms with Crippen LogP contribution in [0.2, 0.25) is 0 Å². The molecule has 0 bridgehead atoms. The largest absolute Gasteiger partial charge is 0.351 e. The summed E-state index contributed by atoms with van der Waals surface area (Å²) >= 11 is 0. The molecule has 470 valence electrons. The van der Waals surface area contributed by atoms with Gasteiger partial charge in [-0.3, -0.25) is 14.6 Å². The molecule has 79 heavy (non-hydrogen) atoms. The van der Waals surface area contributed by atoms with Gasteiger partial charge in [-0.05, 0) is 145 Å². The number of amides is 4. The molecule has 12 nitrogen and oxygen atoms in total. The Labute approximate surface area is 496 Å². The molecule has 0 radical (unpaired) electrons. The van der Waals surface area contributed by atoms with Crippen LogP contribution in [-0.2, 0) is 19.6 Å². The van der Waals surface area contributed by atoms with Crippen molar-refractivity contribution in [1.29, 1.82) is 0 Å². The van der Waals surface area contributed by atoms with Crippen LogP contribution in [0.25, 0.3) is 0 Å². The Balaban J connectivity index is -0.0000000386. The smallest absolute Gasteiger partial charge is 0.314 e. The number of nitrogens with one attached hydrogen (secondary N) is 5. The molecule has 0 saturated heterocycles. The number of likely N-dealkylation sites (N-methyl/N-ethyl adjacent to an activating group) is 2. The molecule has 0 aliphatic heterocycles. The molecule has 0 aliphatic rings. The highest BCUT2D eigenvalue weighted by atomic mass is 32.2. The second-order valence-corrected chi connectivity index (χ2v) is 15.7. The van der Waals surface area contributed by atoms with Gasteiger partial charge in [0.1, 0.15) is 0 Å². The fraction of sp³-hybridized carbons (Fsp3) is 0.561. The summed E-state index contributed by atoms with van der Waals surface area (Å²) in [7, 11) is 7.93. The summed E-state index contributed by atoms with van der Waals surface area (Å²) in [5, 5.41) is 9.06. The highest BCUT2D eigenvalue weighted by Gasteiger charge is 2.05. The van der Waals surface area contributed by atoms with Gasteiger partial charge in [-0.15, -0.1) is 18.4 Å². The second kappa shape index (κ2) is 129. The molecule has 4 amide bonds. The lowest BCUT2D eigenvalue weighted by molar-refractivity contribution is -0.138. The normalized spacial score (nSPS) is 7.41. The first-order valence-electron chi connectivity index (χ1n) is 27.4. The zero-order valence-corrected chi connectivity index (χ0v) is 59.7. The Morgan fingerprint density at radius 3 is 0.709 bits per heavy atom. The van der Waals surface area contributed by atoms with Crippen molar-refractivity contribution in [2.45, 2.75) is 201 Å². The monoisotopic (exact) mass is 1140 g/mol. The van der Waals surface area contributed by atoms with E-state index in [0.29, 0.717) is 0 Å². The van der Waals surface area contributed by atoms with Gasteiger partial charge < -0.3 is 26.3 Å². The lowest BCUT2D eigenvalue weighted by atomic mass is 10.2. The van der Waals surface area contributed by atoms with E-state index in [0.717, 1.165) is 12.0 Å². The summed E-state index contributed by atoms with van der Waals surface area (Å²) in [5.74, 6) is 4.12. The molecular weight excluding hydrogens is 1000 g/mol. The van der Waals surface area contributed by atoms with Crippen LogP contribution in [0.4, 0.5) is 4.79 Å². The summed E-state index contributed by atoms with van der Waals surface area (Å²) in [6.07, 6.45) is 15.0. The molecular formula is C66H135N7O5S. The van der Waals surface area contributed by atoms with Crippen LogP contribution < -0.4 is 26.0 Å². The van der Waals surface area contributed by atoms with Crippen molar-refractivity contribution >= 4 is 39.8 Å². The van der Waals surface area contributed by atoms with Crippen molar-refractivity contribution in [3.8, 4) is 11.8 Å². The average Bonchev–Trinajstić information content (AvgIpc) is 3.48. The third-order valence-corrected chi connectivity index (χ3v) is 6.88. The summed E-state index contributed by atoms with van der Waals surface area (Å²) < 4.78 is 21.9. The molecule has 0 aromatic heterocycles. The topological polar surface area (TPSA) is 170 Å². The molecule has 0 heterocycles. The molecule has 5 N–H and O–H groups in total. The number of carbonyl (C=O) groups excluding carboxylic acids is 3. The van der Waals surface area contributed by atoms with E-state index >= 15 is 0 Å².